The second-order valence-corrected chi connectivity index (χ2v) is 20.8. The Kier molecular flexibility index (Phi) is 11.7. The molecule has 0 aromatic heterocycles. The maximum absolute atomic E-state index is 2.58. The van der Waals surface area contributed by atoms with Gasteiger partial charge < -0.3 is 9.80 Å². The van der Waals surface area contributed by atoms with Crippen LogP contribution in [0, 0.1) is 27.7 Å². The molecule has 346 valence electrons. The van der Waals surface area contributed by atoms with Crippen LogP contribution in [0.2, 0.25) is 0 Å². The monoisotopic (exact) mass is 909 g/mol. The normalized spacial score (nSPS) is 14.7. The third kappa shape index (κ3) is 8.02. The molecule has 0 radical (unpaired) electrons. The van der Waals surface area contributed by atoms with Crippen molar-refractivity contribution in [2.75, 3.05) is 9.80 Å². The molecule has 0 aliphatic heterocycles. The van der Waals surface area contributed by atoms with Crippen molar-refractivity contribution in [2.24, 2.45) is 0 Å². The highest BCUT2D eigenvalue weighted by Crippen LogP contribution is 2.50. The van der Waals surface area contributed by atoms with Crippen LogP contribution >= 0.6 is 0 Å². The minimum Gasteiger partial charge on any atom is -0.310 e. The Balaban J connectivity index is 1.08. The number of hydrogen-bond acceptors (Lipinski definition) is 2. The van der Waals surface area contributed by atoms with Crippen molar-refractivity contribution in [3.05, 3.63) is 215 Å². The first kappa shape index (κ1) is 44.1. The summed E-state index contributed by atoms with van der Waals surface area (Å²) in [5.74, 6) is 1.20. The molecule has 2 aliphatic carbocycles. The van der Waals surface area contributed by atoms with E-state index in [2.05, 4.69) is 219 Å². The molecule has 2 aliphatic rings. The summed E-state index contributed by atoms with van der Waals surface area (Å²) in [5, 5.41) is 7.69. The lowest BCUT2D eigenvalue weighted by Crippen LogP contribution is -2.14. The average molecular weight is 909 g/mol. The van der Waals surface area contributed by atoms with E-state index in [1.165, 1.54) is 186 Å². The molecule has 0 unspecified atom stereocenters. The lowest BCUT2D eigenvalue weighted by Gasteiger charge is -2.32. The van der Waals surface area contributed by atoms with Crippen molar-refractivity contribution in [3.63, 3.8) is 0 Å². The van der Waals surface area contributed by atoms with Gasteiger partial charge in [-0.15, -0.1) is 0 Å². The molecule has 2 heteroatoms. The Labute approximate surface area is 415 Å². The molecule has 10 aromatic rings. The zero-order chi connectivity index (χ0) is 47.3. The number of anilines is 6. The number of hydrogen-bond donors (Lipinski definition) is 0. The van der Waals surface area contributed by atoms with Crippen molar-refractivity contribution in [1.29, 1.82) is 0 Å². The third-order valence-electron chi connectivity index (χ3n) is 16.3. The summed E-state index contributed by atoms with van der Waals surface area (Å²) < 4.78 is 0. The van der Waals surface area contributed by atoms with Crippen LogP contribution in [0.4, 0.5) is 34.1 Å². The summed E-state index contributed by atoms with van der Waals surface area (Å²) in [6.45, 7) is 9.02. The minimum atomic E-state index is 0.599. The third-order valence-corrected chi connectivity index (χ3v) is 16.3. The molecule has 0 heterocycles. The molecule has 12 rings (SSSR count). The van der Waals surface area contributed by atoms with Gasteiger partial charge in [-0.3, -0.25) is 0 Å². The predicted molar refractivity (Wildman–Crippen MR) is 301 cm³/mol. The molecule has 2 nitrogen and oxygen atoms in total. The summed E-state index contributed by atoms with van der Waals surface area (Å²) in [5.41, 5.74) is 20.3. The van der Waals surface area contributed by atoms with E-state index in [1.54, 1.807) is 0 Å². The van der Waals surface area contributed by atoms with Gasteiger partial charge in [0.2, 0.25) is 0 Å². The molecule has 70 heavy (non-hydrogen) atoms. The van der Waals surface area contributed by atoms with Gasteiger partial charge in [-0.25, -0.2) is 0 Å². The van der Waals surface area contributed by atoms with Gasteiger partial charge in [0.05, 0.1) is 11.4 Å². The summed E-state index contributed by atoms with van der Waals surface area (Å²) >= 11 is 0. The minimum absolute atomic E-state index is 0.599. The van der Waals surface area contributed by atoms with E-state index in [0.29, 0.717) is 11.8 Å². The van der Waals surface area contributed by atoms with E-state index >= 15 is 0 Å². The standard InChI is InChI=1S/C68H64N2/c1-45-17-11-13-27-59(45)55-31-29-47(3)65(43-55)69(57-25-15-23-53(41-57)49-19-7-5-8-20-49)63-39-35-51-34-38-62-64(40-36-52-33-37-61(63)67(51)68(52)62)70(58-26-16-24-54(42-58)50-21-9-6-10-22-50)66-44-56(32-30-48(66)4)60-28-14-12-18-46(60)2/h11-18,23-44,49-50H,5-10,19-22H2,1-4H3. The lowest BCUT2D eigenvalue weighted by molar-refractivity contribution is 0.443. The average Bonchev–Trinajstić information content (AvgIpc) is 3.41. The van der Waals surface area contributed by atoms with E-state index in [4.69, 9.17) is 0 Å². The van der Waals surface area contributed by atoms with Crippen LogP contribution in [-0.2, 0) is 0 Å². The number of nitrogens with zero attached hydrogens (tertiary/aromatic N) is 2. The van der Waals surface area contributed by atoms with Gasteiger partial charge in [0.1, 0.15) is 0 Å². The van der Waals surface area contributed by atoms with Crippen molar-refractivity contribution >= 4 is 66.4 Å². The summed E-state index contributed by atoms with van der Waals surface area (Å²) in [4.78, 5) is 5.17. The van der Waals surface area contributed by atoms with Crippen LogP contribution in [0.25, 0.3) is 54.6 Å². The fourth-order valence-electron chi connectivity index (χ4n) is 12.5. The largest absolute Gasteiger partial charge is 0.310 e. The molecule has 0 spiro atoms. The number of benzene rings is 10. The van der Waals surface area contributed by atoms with Crippen molar-refractivity contribution in [3.8, 4) is 22.3 Å². The number of aryl methyl sites for hydroxylation is 4. The lowest BCUT2D eigenvalue weighted by atomic mass is 9.84. The van der Waals surface area contributed by atoms with Crippen molar-refractivity contribution in [2.45, 2.75) is 104 Å². The quantitative estimate of drug-likeness (QED) is 0.126. The van der Waals surface area contributed by atoms with E-state index < -0.39 is 0 Å². The Morgan fingerprint density at radius 2 is 0.743 bits per heavy atom. The summed E-state index contributed by atoms with van der Waals surface area (Å²) in [6.07, 6.45) is 13.0. The Hall–Kier alpha value is -7.16. The molecule has 0 bridgehead atoms. The van der Waals surface area contributed by atoms with Crippen molar-refractivity contribution < 1.29 is 0 Å². The second kappa shape index (κ2) is 18.6. The summed E-state index contributed by atoms with van der Waals surface area (Å²) in [7, 11) is 0. The molecule has 0 atom stereocenters. The van der Waals surface area contributed by atoms with Gasteiger partial charge >= 0.3 is 0 Å². The van der Waals surface area contributed by atoms with Gasteiger partial charge in [0.15, 0.2) is 0 Å². The Morgan fingerprint density at radius 1 is 0.329 bits per heavy atom. The zero-order valence-electron chi connectivity index (χ0n) is 41.4. The zero-order valence-corrected chi connectivity index (χ0v) is 41.4. The van der Waals surface area contributed by atoms with E-state index in [1.807, 2.05) is 0 Å². The molecule has 0 saturated heterocycles. The molecule has 0 N–H and O–H groups in total. The highest BCUT2D eigenvalue weighted by atomic mass is 15.2. The number of rotatable bonds is 10. The van der Waals surface area contributed by atoms with Crippen LogP contribution in [0.1, 0.15) is 109 Å². The topological polar surface area (TPSA) is 6.48 Å². The van der Waals surface area contributed by atoms with Gasteiger partial charge in [0.25, 0.3) is 0 Å². The van der Waals surface area contributed by atoms with Crippen LogP contribution in [-0.4, -0.2) is 0 Å². The molecule has 2 fully saturated rings. The fraction of sp³-hybridized carbons (Fsp3) is 0.235. The van der Waals surface area contributed by atoms with Crippen LogP contribution in [0.3, 0.4) is 0 Å². The maximum Gasteiger partial charge on any atom is 0.0540 e. The fourth-order valence-corrected chi connectivity index (χ4v) is 12.5. The van der Waals surface area contributed by atoms with E-state index in [0.717, 1.165) is 0 Å². The van der Waals surface area contributed by atoms with Gasteiger partial charge in [-0.1, -0.05) is 172 Å². The van der Waals surface area contributed by atoms with Gasteiger partial charge in [-0.05, 0) is 191 Å². The molecule has 2 saturated carbocycles. The van der Waals surface area contributed by atoms with E-state index in [-0.39, 0.29) is 0 Å². The Morgan fingerprint density at radius 3 is 1.17 bits per heavy atom. The summed E-state index contributed by atoms with van der Waals surface area (Å²) in [6, 6.07) is 69.9. The van der Waals surface area contributed by atoms with E-state index in [9.17, 15) is 0 Å². The predicted octanol–water partition coefficient (Wildman–Crippen LogP) is 20.2. The van der Waals surface area contributed by atoms with Crippen molar-refractivity contribution in [1.82, 2.24) is 0 Å². The van der Waals surface area contributed by atoms with Crippen LogP contribution in [0.5, 0.6) is 0 Å². The smallest absolute Gasteiger partial charge is 0.0540 e. The molecule has 10 aromatic carbocycles. The first-order chi connectivity index (χ1) is 34.4. The SMILES string of the molecule is Cc1ccccc1-c1ccc(C)c(N(c2cccc(C3CCCCC3)c2)c2ccc3ccc4c(N(c5cccc(C6CCCCC6)c5)c5cc(-c6ccccc6C)ccc5C)ccc5ccc2c3c54)c1. The first-order valence-electron chi connectivity index (χ1n) is 26.2. The molecular weight excluding hydrogens is 845 g/mol. The van der Waals surface area contributed by atoms with Gasteiger partial charge in [0, 0.05) is 33.5 Å². The van der Waals surface area contributed by atoms with Crippen LogP contribution < -0.4 is 9.80 Å². The first-order valence-corrected chi connectivity index (χ1v) is 26.2. The van der Waals surface area contributed by atoms with Crippen LogP contribution in [0.15, 0.2) is 182 Å². The Bertz CT molecular complexity index is 3290. The highest BCUT2D eigenvalue weighted by molar-refractivity contribution is 6.28. The molecular formula is C68H64N2. The highest BCUT2D eigenvalue weighted by Gasteiger charge is 2.26. The molecule has 0 amide bonds. The van der Waals surface area contributed by atoms with Gasteiger partial charge in [-0.2, -0.15) is 0 Å². The second-order valence-electron chi connectivity index (χ2n) is 20.8. The maximum atomic E-state index is 2.58.